The van der Waals surface area contributed by atoms with Gasteiger partial charge >= 0.3 is 0 Å². The Kier molecular flexibility index (Phi) is 3.32. The molecule has 0 heterocycles. The molecule has 3 heteroatoms. The third kappa shape index (κ3) is 2.67. The summed E-state index contributed by atoms with van der Waals surface area (Å²) in [7, 11) is 0. The lowest BCUT2D eigenvalue weighted by molar-refractivity contribution is 0.475. The van der Waals surface area contributed by atoms with E-state index in [1.54, 1.807) is 12.1 Å². The van der Waals surface area contributed by atoms with Crippen LogP contribution in [0.1, 0.15) is 5.56 Å². The van der Waals surface area contributed by atoms with Crippen LogP contribution >= 0.6 is 11.6 Å². The maximum atomic E-state index is 9.14. The molecule has 0 unspecified atom stereocenters. The van der Waals surface area contributed by atoms with E-state index < -0.39 is 0 Å². The molecule has 0 aliphatic rings. The van der Waals surface area contributed by atoms with Gasteiger partial charge < -0.3 is 10.4 Å². The van der Waals surface area contributed by atoms with Crippen molar-refractivity contribution in [1.82, 2.24) is 0 Å². The third-order valence-corrected chi connectivity index (χ3v) is 2.68. The maximum absolute atomic E-state index is 9.14. The van der Waals surface area contributed by atoms with Gasteiger partial charge in [-0.15, -0.1) is 0 Å². The van der Waals surface area contributed by atoms with Crippen molar-refractivity contribution in [2.75, 3.05) is 5.32 Å². The first-order chi connectivity index (χ1) is 7.75. The van der Waals surface area contributed by atoms with E-state index in [9.17, 15) is 0 Å². The lowest BCUT2D eigenvalue weighted by Gasteiger charge is -2.07. The van der Waals surface area contributed by atoms with Gasteiger partial charge in [-0.3, -0.25) is 0 Å². The molecule has 0 saturated heterocycles. The monoisotopic (exact) mass is 233 g/mol. The van der Waals surface area contributed by atoms with E-state index in [4.69, 9.17) is 16.7 Å². The van der Waals surface area contributed by atoms with Crippen molar-refractivity contribution in [3.8, 4) is 5.75 Å². The van der Waals surface area contributed by atoms with Crippen molar-refractivity contribution < 1.29 is 5.11 Å². The minimum Gasteiger partial charge on any atom is -0.508 e. The molecule has 0 radical (unpaired) electrons. The summed E-state index contributed by atoms with van der Waals surface area (Å²) in [6.45, 7) is 0.671. The topological polar surface area (TPSA) is 32.3 Å². The van der Waals surface area contributed by atoms with Gasteiger partial charge in [0.15, 0.2) is 0 Å². The Morgan fingerprint density at radius 2 is 1.69 bits per heavy atom. The van der Waals surface area contributed by atoms with Gasteiger partial charge in [0.05, 0.1) is 0 Å². The zero-order chi connectivity index (χ0) is 11.4. The SMILES string of the molecule is Oc1ccc(NCc2ccccc2Cl)cc1. The molecule has 0 aliphatic carbocycles. The quantitative estimate of drug-likeness (QED) is 0.793. The van der Waals surface area contributed by atoms with E-state index in [0.717, 1.165) is 16.3 Å². The van der Waals surface area contributed by atoms with Crippen LogP contribution in [0.3, 0.4) is 0 Å². The van der Waals surface area contributed by atoms with Crippen molar-refractivity contribution in [2.45, 2.75) is 6.54 Å². The highest BCUT2D eigenvalue weighted by Crippen LogP contribution is 2.18. The summed E-state index contributed by atoms with van der Waals surface area (Å²) in [5.41, 5.74) is 2.01. The van der Waals surface area contributed by atoms with Gasteiger partial charge in [-0.1, -0.05) is 29.8 Å². The van der Waals surface area contributed by atoms with Crippen molar-refractivity contribution in [2.24, 2.45) is 0 Å². The molecular weight excluding hydrogens is 222 g/mol. The van der Waals surface area contributed by atoms with Gasteiger partial charge in [0, 0.05) is 17.3 Å². The smallest absolute Gasteiger partial charge is 0.115 e. The maximum Gasteiger partial charge on any atom is 0.115 e. The third-order valence-electron chi connectivity index (χ3n) is 2.31. The molecule has 0 atom stereocenters. The second-order valence-corrected chi connectivity index (χ2v) is 3.90. The molecule has 2 aromatic rings. The van der Waals surface area contributed by atoms with Crippen molar-refractivity contribution in [1.29, 1.82) is 0 Å². The number of halogens is 1. The number of hydrogen-bond acceptors (Lipinski definition) is 2. The normalized spacial score (nSPS) is 10.1. The lowest BCUT2D eigenvalue weighted by Crippen LogP contribution is -1.99. The predicted molar refractivity (Wildman–Crippen MR) is 66.9 cm³/mol. The first-order valence-corrected chi connectivity index (χ1v) is 5.40. The van der Waals surface area contributed by atoms with E-state index in [-0.39, 0.29) is 5.75 Å². The zero-order valence-electron chi connectivity index (χ0n) is 8.65. The largest absolute Gasteiger partial charge is 0.508 e. The summed E-state index contributed by atoms with van der Waals surface area (Å²) in [6, 6.07) is 14.7. The molecule has 0 spiro atoms. The highest BCUT2D eigenvalue weighted by atomic mass is 35.5. The number of rotatable bonds is 3. The van der Waals surface area contributed by atoms with Crippen LogP contribution in [0.4, 0.5) is 5.69 Å². The van der Waals surface area contributed by atoms with E-state index >= 15 is 0 Å². The number of phenols is 1. The van der Waals surface area contributed by atoms with Gasteiger partial charge in [-0.05, 0) is 35.9 Å². The van der Waals surface area contributed by atoms with Gasteiger partial charge in [-0.2, -0.15) is 0 Å². The molecule has 2 aromatic carbocycles. The van der Waals surface area contributed by atoms with Crippen LogP contribution in [0.5, 0.6) is 5.75 Å². The van der Waals surface area contributed by atoms with Gasteiger partial charge in [0.1, 0.15) is 5.75 Å². The predicted octanol–water partition coefficient (Wildman–Crippen LogP) is 3.66. The summed E-state index contributed by atoms with van der Waals surface area (Å²) in [5, 5.41) is 13.1. The average Bonchev–Trinajstić information content (AvgIpc) is 2.30. The highest BCUT2D eigenvalue weighted by molar-refractivity contribution is 6.31. The van der Waals surface area contributed by atoms with Crippen LogP contribution in [-0.4, -0.2) is 5.11 Å². The zero-order valence-corrected chi connectivity index (χ0v) is 9.41. The van der Waals surface area contributed by atoms with Gasteiger partial charge in [0.2, 0.25) is 0 Å². The molecule has 0 fully saturated rings. The van der Waals surface area contributed by atoms with Crippen LogP contribution < -0.4 is 5.32 Å². The molecule has 0 aliphatic heterocycles. The average molecular weight is 234 g/mol. The summed E-state index contributed by atoms with van der Waals surface area (Å²) >= 11 is 6.04. The molecule has 0 bridgehead atoms. The number of aromatic hydroxyl groups is 1. The van der Waals surface area contributed by atoms with Gasteiger partial charge in [0.25, 0.3) is 0 Å². The first kappa shape index (κ1) is 10.8. The van der Waals surface area contributed by atoms with Gasteiger partial charge in [-0.25, -0.2) is 0 Å². The summed E-state index contributed by atoms with van der Waals surface area (Å²) in [4.78, 5) is 0. The molecule has 2 rings (SSSR count). The summed E-state index contributed by atoms with van der Waals surface area (Å²) in [6.07, 6.45) is 0. The highest BCUT2D eigenvalue weighted by Gasteiger charge is 1.98. The van der Waals surface area contributed by atoms with E-state index in [1.165, 1.54) is 0 Å². The second-order valence-electron chi connectivity index (χ2n) is 3.49. The Morgan fingerprint density at radius 3 is 2.38 bits per heavy atom. The van der Waals surface area contributed by atoms with E-state index in [1.807, 2.05) is 36.4 Å². The van der Waals surface area contributed by atoms with Crippen LogP contribution in [0.25, 0.3) is 0 Å². The molecule has 0 amide bonds. The summed E-state index contributed by atoms with van der Waals surface area (Å²) in [5.74, 6) is 0.267. The number of benzene rings is 2. The molecule has 82 valence electrons. The molecule has 2 nitrogen and oxygen atoms in total. The molecule has 2 N–H and O–H groups in total. The Bertz CT molecular complexity index is 468. The fourth-order valence-electron chi connectivity index (χ4n) is 1.42. The van der Waals surface area contributed by atoms with E-state index in [0.29, 0.717) is 6.54 Å². The number of hydrogen-bond donors (Lipinski definition) is 2. The van der Waals surface area contributed by atoms with Crippen molar-refractivity contribution >= 4 is 17.3 Å². The fraction of sp³-hybridized carbons (Fsp3) is 0.0769. The number of phenolic OH excluding ortho intramolecular Hbond substituents is 1. The second kappa shape index (κ2) is 4.90. The van der Waals surface area contributed by atoms with Crippen molar-refractivity contribution in [3.05, 3.63) is 59.1 Å². The van der Waals surface area contributed by atoms with Crippen LogP contribution in [0.2, 0.25) is 5.02 Å². The van der Waals surface area contributed by atoms with Crippen molar-refractivity contribution in [3.63, 3.8) is 0 Å². The van der Waals surface area contributed by atoms with Crippen LogP contribution in [0, 0.1) is 0 Å². The van der Waals surface area contributed by atoms with Crippen LogP contribution in [-0.2, 0) is 6.54 Å². The molecule has 16 heavy (non-hydrogen) atoms. The standard InChI is InChI=1S/C13H12ClNO/c14-13-4-2-1-3-10(13)9-15-11-5-7-12(16)8-6-11/h1-8,15-16H,9H2. The van der Waals surface area contributed by atoms with Crippen LogP contribution in [0.15, 0.2) is 48.5 Å². The minimum atomic E-state index is 0.267. The molecule has 0 saturated carbocycles. The molecule has 0 aromatic heterocycles. The minimum absolute atomic E-state index is 0.267. The number of anilines is 1. The lowest BCUT2D eigenvalue weighted by atomic mass is 10.2. The molecular formula is C13H12ClNO. The Hall–Kier alpha value is -1.67. The fourth-order valence-corrected chi connectivity index (χ4v) is 1.62. The Labute approximate surface area is 99.5 Å². The number of nitrogens with one attached hydrogen (secondary N) is 1. The Morgan fingerprint density at radius 1 is 1.00 bits per heavy atom. The van der Waals surface area contributed by atoms with E-state index in [2.05, 4.69) is 5.32 Å². The summed E-state index contributed by atoms with van der Waals surface area (Å²) < 4.78 is 0. The Balaban J connectivity index is 2.02. The first-order valence-electron chi connectivity index (χ1n) is 5.02.